The molecular formula is C16H25N3O. The van der Waals surface area contributed by atoms with E-state index in [1.807, 2.05) is 6.92 Å². The second-order valence-electron chi connectivity index (χ2n) is 6.55. The van der Waals surface area contributed by atoms with E-state index < -0.39 is 5.60 Å². The highest BCUT2D eigenvalue weighted by molar-refractivity contribution is 5.49. The molecule has 110 valence electrons. The van der Waals surface area contributed by atoms with Gasteiger partial charge in [0, 0.05) is 30.3 Å². The summed E-state index contributed by atoms with van der Waals surface area (Å²) in [5, 5.41) is 10.8. The summed E-state index contributed by atoms with van der Waals surface area (Å²) < 4.78 is 0. The second kappa shape index (κ2) is 4.99. The molecule has 1 aromatic rings. The molecule has 4 nitrogen and oxygen atoms in total. The summed E-state index contributed by atoms with van der Waals surface area (Å²) in [6.45, 7) is 7.95. The molecule has 0 radical (unpaired) electrons. The molecule has 1 aliphatic heterocycles. The second-order valence-corrected chi connectivity index (χ2v) is 6.55. The third kappa shape index (κ3) is 2.30. The molecule has 1 aliphatic carbocycles. The molecule has 0 bridgehead atoms. The molecule has 4 heteroatoms. The van der Waals surface area contributed by atoms with Crippen molar-refractivity contribution in [1.29, 1.82) is 0 Å². The number of anilines is 1. The van der Waals surface area contributed by atoms with Crippen LogP contribution < -0.4 is 4.90 Å². The number of fused-ring (bicyclic) bond motifs is 1. The van der Waals surface area contributed by atoms with Gasteiger partial charge in [0.05, 0.1) is 5.60 Å². The van der Waals surface area contributed by atoms with E-state index in [1.165, 1.54) is 18.4 Å². The lowest BCUT2D eigenvalue weighted by Gasteiger charge is -2.48. The molecule has 1 N–H and O–H groups in total. The van der Waals surface area contributed by atoms with Crippen LogP contribution in [-0.4, -0.2) is 33.8 Å². The molecule has 0 aromatic carbocycles. The Bertz CT molecular complexity index is 517. The molecule has 3 rings (SSSR count). The van der Waals surface area contributed by atoms with Crippen molar-refractivity contribution in [1.82, 2.24) is 9.97 Å². The van der Waals surface area contributed by atoms with Gasteiger partial charge >= 0.3 is 0 Å². The highest BCUT2D eigenvalue weighted by atomic mass is 16.3. The van der Waals surface area contributed by atoms with Crippen LogP contribution in [0.25, 0.3) is 0 Å². The van der Waals surface area contributed by atoms with Crippen LogP contribution in [0.2, 0.25) is 0 Å². The lowest BCUT2D eigenvalue weighted by Crippen LogP contribution is -2.53. The smallest absolute Gasteiger partial charge is 0.135 e. The molecule has 0 amide bonds. The molecule has 0 spiro atoms. The topological polar surface area (TPSA) is 49.2 Å². The Morgan fingerprint density at radius 1 is 1.15 bits per heavy atom. The van der Waals surface area contributed by atoms with Crippen LogP contribution in [0.15, 0.2) is 0 Å². The first-order chi connectivity index (χ1) is 9.49. The minimum absolute atomic E-state index is 0.403. The minimum Gasteiger partial charge on any atom is -0.389 e. The van der Waals surface area contributed by atoms with Gasteiger partial charge in [0.25, 0.3) is 0 Å². The highest BCUT2D eigenvalue weighted by Crippen LogP contribution is 2.41. The summed E-state index contributed by atoms with van der Waals surface area (Å²) in [5.74, 6) is 2.31. The molecule has 1 saturated carbocycles. The van der Waals surface area contributed by atoms with Gasteiger partial charge in [-0.3, -0.25) is 0 Å². The van der Waals surface area contributed by atoms with E-state index in [1.54, 1.807) is 0 Å². The van der Waals surface area contributed by atoms with Crippen LogP contribution in [0.4, 0.5) is 5.82 Å². The number of hydrogen-bond acceptors (Lipinski definition) is 4. The third-order valence-corrected chi connectivity index (χ3v) is 5.20. The van der Waals surface area contributed by atoms with Crippen molar-refractivity contribution in [2.24, 2.45) is 5.92 Å². The van der Waals surface area contributed by atoms with Crippen LogP contribution in [0.1, 0.15) is 49.2 Å². The van der Waals surface area contributed by atoms with Gasteiger partial charge in [-0.1, -0.05) is 12.8 Å². The van der Waals surface area contributed by atoms with Crippen molar-refractivity contribution < 1.29 is 5.11 Å². The summed E-state index contributed by atoms with van der Waals surface area (Å²) >= 11 is 0. The van der Waals surface area contributed by atoms with Crippen molar-refractivity contribution in [2.75, 3.05) is 18.0 Å². The first-order valence-corrected chi connectivity index (χ1v) is 7.79. The average Bonchev–Trinajstić information content (AvgIpc) is 2.42. The molecular weight excluding hydrogens is 250 g/mol. The number of aliphatic hydroxyl groups is 1. The van der Waals surface area contributed by atoms with Crippen molar-refractivity contribution in [3.63, 3.8) is 0 Å². The van der Waals surface area contributed by atoms with Gasteiger partial charge in [-0.15, -0.1) is 0 Å². The Hall–Kier alpha value is -1.16. The molecule has 2 heterocycles. The largest absolute Gasteiger partial charge is 0.389 e. The molecule has 1 saturated heterocycles. The summed E-state index contributed by atoms with van der Waals surface area (Å²) in [6, 6.07) is 0. The zero-order valence-corrected chi connectivity index (χ0v) is 12.8. The predicted octanol–water partition coefficient (Wildman–Crippen LogP) is 2.53. The SMILES string of the molecule is Cc1nc(C)c(C)c(N2CC[C@@]3(O)CCCC[C@H]3C2)n1. The zero-order valence-electron chi connectivity index (χ0n) is 12.8. The van der Waals surface area contributed by atoms with Gasteiger partial charge in [-0.05, 0) is 40.0 Å². The van der Waals surface area contributed by atoms with Crippen LogP contribution in [0, 0.1) is 26.7 Å². The summed E-state index contributed by atoms with van der Waals surface area (Å²) in [6.07, 6.45) is 5.43. The van der Waals surface area contributed by atoms with E-state index in [0.29, 0.717) is 5.92 Å². The normalized spacial score (nSPS) is 30.2. The number of aromatic nitrogens is 2. The quantitative estimate of drug-likeness (QED) is 0.855. The van der Waals surface area contributed by atoms with Crippen LogP contribution in [0.5, 0.6) is 0 Å². The number of rotatable bonds is 1. The van der Waals surface area contributed by atoms with E-state index >= 15 is 0 Å². The Morgan fingerprint density at radius 2 is 1.95 bits per heavy atom. The van der Waals surface area contributed by atoms with E-state index in [2.05, 4.69) is 28.7 Å². The standard InChI is InChI=1S/C16H25N3O/c1-11-12(2)17-13(3)18-15(11)19-9-8-16(20)7-5-4-6-14(16)10-19/h14,20H,4-10H2,1-3H3/t14-,16-/m0/s1. The fraction of sp³-hybridized carbons (Fsp3) is 0.750. The minimum atomic E-state index is -0.417. The fourth-order valence-electron chi connectivity index (χ4n) is 3.82. The van der Waals surface area contributed by atoms with Crippen molar-refractivity contribution in [3.8, 4) is 0 Å². The Morgan fingerprint density at radius 3 is 2.75 bits per heavy atom. The van der Waals surface area contributed by atoms with Gasteiger partial charge in [-0.25, -0.2) is 9.97 Å². The molecule has 2 atom stereocenters. The molecule has 0 unspecified atom stereocenters. The highest BCUT2D eigenvalue weighted by Gasteiger charge is 2.43. The molecule has 2 fully saturated rings. The fourth-order valence-corrected chi connectivity index (χ4v) is 3.82. The number of nitrogens with zero attached hydrogens (tertiary/aromatic N) is 3. The number of piperidine rings is 1. The number of aryl methyl sites for hydroxylation is 2. The first kappa shape index (κ1) is 13.8. The predicted molar refractivity (Wildman–Crippen MR) is 80.0 cm³/mol. The van der Waals surface area contributed by atoms with Gasteiger partial charge in [-0.2, -0.15) is 0 Å². The summed E-state index contributed by atoms with van der Waals surface area (Å²) in [4.78, 5) is 11.4. The van der Waals surface area contributed by atoms with Crippen LogP contribution in [-0.2, 0) is 0 Å². The van der Waals surface area contributed by atoms with Crippen molar-refractivity contribution >= 4 is 5.82 Å². The first-order valence-electron chi connectivity index (χ1n) is 7.79. The lowest BCUT2D eigenvalue weighted by molar-refractivity contribution is -0.0613. The maximum absolute atomic E-state index is 10.8. The van der Waals surface area contributed by atoms with Gasteiger partial charge in [0.2, 0.25) is 0 Å². The maximum atomic E-state index is 10.8. The zero-order chi connectivity index (χ0) is 14.3. The summed E-state index contributed by atoms with van der Waals surface area (Å²) in [5.41, 5.74) is 1.83. The van der Waals surface area contributed by atoms with Gasteiger partial charge < -0.3 is 10.0 Å². The van der Waals surface area contributed by atoms with E-state index in [9.17, 15) is 5.11 Å². The Kier molecular flexibility index (Phi) is 3.44. The van der Waals surface area contributed by atoms with Gasteiger partial charge in [0.15, 0.2) is 0 Å². The number of hydrogen-bond donors (Lipinski definition) is 1. The van der Waals surface area contributed by atoms with Crippen molar-refractivity contribution in [2.45, 2.75) is 58.5 Å². The average molecular weight is 275 g/mol. The van der Waals surface area contributed by atoms with E-state index in [4.69, 9.17) is 0 Å². The molecule has 2 aliphatic rings. The maximum Gasteiger partial charge on any atom is 0.135 e. The Balaban J connectivity index is 1.86. The van der Waals surface area contributed by atoms with E-state index in [0.717, 1.165) is 49.7 Å². The van der Waals surface area contributed by atoms with Gasteiger partial charge in [0.1, 0.15) is 11.6 Å². The third-order valence-electron chi connectivity index (χ3n) is 5.20. The lowest BCUT2D eigenvalue weighted by atomic mass is 9.71. The van der Waals surface area contributed by atoms with Crippen molar-refractivity contribution in [3.05, 3.63) is 17.1 Å². The van der Waals surface area contributed by atoms with E-state index in [-0.39, 0.29) is 0 Å². The Labute approximate surface area is 121 Å². The van der Waals surface area contributed by atoms with Crippen LogP contribution >= 0.6 is 0 Å². The summed E-state index contributed by atoms with van der Waals surface area (Å²) in [7, 11) is 0. The monoisotopic (exact) mass is 275 g/mol. The molecule has 20 heavy (non-hydrogen) atoms. The molecule has 1 aromatic heterocycles. The van der Waals surface area contributed by atoms with Crippen LogP contribution in [0.3, 0.4) is 0 Å².